The SMILES string of the molecule is CC(NC(=O)C1CCCN1)c1cccc(-n2cccn2)c1. The van der Waals surface area contributed by atoms with E-state index in [2.05, 4.69) is 21.8 Å². The molecule has 21 heavy (non-hydrogen) atoms. The van der Waals surface area contributed by atoms with E-state index in [1.807, 2.05) is 42.1 Å². The van der Waals surface area contributed by atoms with Gasteiger partial charge in [0.1, 0.15) is 0 Å². The maximum Gasteiger partial charge on any atom is 0.237 e. The van der Waals surface area contributed by atoms with Gasteiger partial charge in [0, 0.05) is 12.4 Å². The fraction of sp³-hybridized carbons (Fsp3) is 0.375. The number of amides is 1. The molecule has 2 atom stereocenters. The second-order valence-corrected chi connectivity index (χ2v) is 5.42. The summed E-state index contributed by atoms with van der Waals surface area (Å²) in [7, 11) is 0. The molecule has 2 unspecified atom stereocenters. The Morgan fingerprint density at radius 2 is 2.38 bits per heavy atom. The summed E-state index contributed by atoms with van der Waals surface area (Å²) < 4.78 is 1.82. The van der Waals surface area contributed by atoms with Gasteiger partial charge in [-0.25, -0.2) is 4.68 Å². The largest absolute Gasteiger partial charge is 0.348 e. The van der Waals surface area contributed by atoms with E-state index in [0.29, 0.717) is 0 Å². The lowest BCUT2D eigenvalue weighted by atomic mass is 10.1. The van der Waals surface area contributed by atoms with Crippen LogP contribution in [0.3, 0.4) is 0 Å². The monoisotopic (exact) mass is 284 g/mol. The van der Waals surface area contributed by atoms with Crippen LogP contribution in [0.5, 0.6) is 0 Å². The van der Waals surface area contributed by atoms with Crippen LogP contribution in [-0.2, 0) is 4.79 Å². The molecule has 5 heteroatoms. The van der Waals surface area contributed by atoms with Crippen LogP contribution in [0.4, 0.5) is 0 Å². The fourth-order valence-corrected chi connectivity index (χ4v) is 2.66. The Hall–Kier alpha value is -2.14. The van der Waals surface area contributed by atoms with Crippen LogP contribution in [0.2, 0.25) is 0 Å². The smallest absolute Gasteiger partial charge is 0.237 e. The minimum absolute atomic E-state index is 0.0181. The Morgan fingerprint density at radius 3 is 3.10 bits per heavy atom. The molecule has 1 saturated heterocycles. The highest BCUT2D eigenvalue weighted by Gasteiger charge is 2.23. The van der Waals surface area contributed by atoms with Gasteiger partial charge in [0.05, 0.1) is 17.8 Å². The first kappa shape index (κ1) is 13.8. The number of rotatable bonds is 4. The molecule has 3 rings (SSSR count). The lowest BCUT2D eigenvalue weighted by molar-refractivity contribution is -0.123. The van der Waals surface area contributed by atoms with E-state index < -0.39 is 0 Å². The van der Waals surface area contributed by atoms with Crippen molar-refractivity contribution in [1.82, 2.24) is 20.4 Å². The summed E-state index contributed by atoms with van der Waals surface area (Å²) in [6, 6.07) is 9.91. The molecule has 0 aliphatic carbocycles. The summed E-state index contributed by atoms with van der Waals surface area (Å²) >= 11 is 0. The Morgan fingerprint density at radius 1 is 1.48 bits per heavy atom. The van der Waals surface area contributed by atoms with Gasteiger partial charge < -0.3 is 10.6 Å². The molecule has 1 aromatic heterocycles. The standard InChI is InChI=1S/C16H20N4O/c1-12(19-16(21)15-7-3-8-17-15)13-5-2-6-14(11-13)20-10-4-9-18-20/h2,4-6,9-12,15,17H,3,7-8H2,1H3,(H,19,21). The van der Waals surface area contributed by atoms with Crippen molar-refractivity contribution in [3.63, 3.8) is 0 Å². The molecular weight excluding hydrogens is 264 g/mol. The van der Waals surface area contributed by atoms with Crippen LogP contribution in [0.15, 0.2) is 42.7 Å². The van der Waals surface area contributed by atoms with Crippen molar-refractivity contribution in [3.8, 4) is 5.69 Å². The van der Waals surface area contributed by atoms with Crippen molar-refractivity contribution in [2.24, 2.45) is 0 Å². The van der Waals surface area contributed by atoms with Gasteiger partial charge in [-0.3, -0.25) is 4.79 Å². The van der Waals surface area contributed by atoms with Crippen molar-refractivity contribution in [3.05, 3.63) is 48.3 Å². The summed E-state index contributed by atoms with van der Waals surface area (Å²) in [6.45, 7) is 2.94. The number of nitrogens with zero attached hydrogens (tertiary/aromatic N) is 2. The third-order valence-electron chi connectivity index (χ3n) is 3.87. The number of hydrogen-bond acceptors (Lipinski definition) is 3. The Balaban J connectivity index is 1.71. The summed E-state index contributed by atoms with van der Waals surface area (Å²) in [4.78, 5) is 12.2. The number of hydrogen-bond donors (Lipinski definition) is 2. The predicted octanol–water partition coefficient (Wildman–Crippen LogP) is 1.80. The zero-order valence-electron chi connectivity index (χ0n) is 12.1. The maximum atomic E-state index is 12.2. The van der Waals surface area contributed by atoms with E-state index in [0.717, 1.165) is 30.6 Å². The summed E-state index contributed by atoms with van der Waals surface area (Å²) in [6.07, 6.45) is 5.65. The molecular formula is C16H20N4O. The van der Waals surface area contributed by atoms with Gasteiger partial charge in [0.25, 0.3) is 0 Å². The first-order valence-electron chi connectivity index (χ1n) is 7.38. The number of nitrogens with one attached hydrogen (secondary N) is 2. The predicted molar refractivity (Wildman–Crippen MR) is 81.1 cm³/mol. The van der Waals surface area contributed by atoms with Gasteiger partial charge in [-0.1, -0.05) is 12.1 Å². The summed E-state index contributed by atoms with van der Waals surface area (Å²) in [5, 5.41) is 10.5. The van der Waals surface area contributed by atoms with Crippen molar-refractivity contribution in [2.45, 2.75) is 31.8 Å². The normalized spacial score (nSPS) is 19.4. The summed E-state index contributed by atoms with van der Waals surface area (Å²) in [5.41, 5.74) is 2.08. The van der Waals surface area contributed by atoms with Crippen molar-refractivity contribution >= 4 is 5.91 Å². The molecule has 0 saturated carbocycles. The van der Waals surface area contributed by atoms with Gasteiger partial charge in [0.15, 0.2) is 0 Å². The minimum atomic E-state index is -0.0400. The molecule has 0 spiro atoms. The van der Waals surface area contributed by atoms with Gasteiger partial charge in [-0.15, -0.1) is 0 Å². The molecule has 5 nitrogen and oxygen atoms in total. The second-order valence-electron chi connectivity index (χ2n) is 5.42. The number of benzene rings is 1. The molecule has 0 radical (unpaired) electrons. The van der Waals surface area contributed by atoms with Crippen LogP contribution in [0, 0.1) is 0 Å². The van der Waals surface area contributed by atoms with E-state index in [1.54, 1.807) is 6.20 Å². The van der Waals surface area contributed by atoms with E-state index in [9.17, 15) is 4.79 Å². The van der Waals surface area contributed by atoms with E-state index in [-0.39, 0.29) is 18.0 Å². The molecule has 110 valence electrons. The molecule has 1 aliphatic heterocycles. The van der Waals surface area contributed by atoms with Crippen LogP contribution < -0.4 is 10.6 Å². The third-order valence-corrected chi connectivity index (χ3v) is 3.87. The van der Waals surface area contributed by atoms with Crippen LogP contribution in [0.25, 0.3) is 5.69 Å². The first-order chi connectivity index (χ1) is 10.2. The van der Waals surface area contributed by atoms with Crippen molar-refractivity contribution in [2.75, 3.05) is 6.54 Å². The van der Waals surface area contributed by atoms with Gasteiger partial charge in [-0.2, -0.15) is 5.10 Å². The van der Waals surface area contributed by atoms with Crippen LogP contribution in [-0.4, -0.2) is 28.3 Å². The van der Waals surface area contributed by atoms with E-state index in [4.69, 9.17) is 0 Å². The Kier molecular flexibility index (Phi) is 4.01. The lowest BCUT2D eigenvalue weighted by Gasteiger charge is -2.18. The number of aromatic nitrogens is 2. The van der Waals surface area contributed by atoms with E-state index >= 15 is 0 Å². The zero-order chi connectivity index (χ0) is 14.7. The molecule has 2 N–H and O–H groups in total. The average molecular weight is 284 g/mol. The Labute approximate surface area is 124 Å². The molecule has 1 fully saturated rings. The van der Waals surface area contributed by atoms with Gasteiger partial charge >= 0.3 is 0 Å². The highest BCUT2D eigenvalue weighted by atomic mass is 16.2. The third kappa shape index (κ3) is 3.13. The van der Waals surface area contributed by atoms with Gasteiger partial charge in [-0.05, 0) is 50.1 Å². The highest BCUT2D eigenvalue weighted by molar-refractivity contribution is 5.82. The van der Waals surface area contributed by atoms with Crippen molar-refractivity contribution < 1.29 is 4.79 Å². The molecule has 1 aliphatic rings. The number of carbonyl (C=O) groups is 1. The molecule has 0 bridgehead atoms. The maximum absolute atomic E-state index is 12.2. The van der Waals surface area contributed by atoms with E-state index in [1.165, 1.54) is 0 Å². The molecule has 1 aromatic carbocycles. The molecule has 2 aromatic rings. The first-order valence-corrected chi connectivity index (χ1v) is 7.38. The number of carbonyl (C=O) groups excluding carboxylic acids is 1. The topological polar surface area (TPSA) is 59.0 Å². The van der Waals surface area contributed by atoms with Crippen LogP contribution >= 0.6 is 0 Å². The molecule has 1 amide bonds. The highest BCUT2D eigenvalue weighted by Crippen LogP contribution is 2.17. The zero-order valence-corrected chi connectivity index (χ0v) is 12.1. The Bertz CT molecular complexity index is 602. The quantitative estimate of drug-likeness (QED) is 0.900. The second kappa shape index (κ2) is 6.10. The van der Waals surface area contributed by atoms with Crippen molar-refractivity contribution in [1.29, 1.82) is 0 Å². The average Bonchev–Trinajstić information content (AvgIpc) is 3.20. The van der Waals surface area contributed by atoms with Crippen LogP contribution in [0.1, 0.15) is 31.4 Å². The fourth-order valence-electron chi connectivity index (χ4n) is 2.66. The minimum Gasteiger partial charge on any atom is -0.348 e. The molecule has 2 heterocycles. The lowest BCUT2D eigenvalue weighted by Crippen LogP contribution is -2.41. The van der Waals surface area contributed by atoms with Gasteiger partial charge in [0.2, 0.25) is 5.91 Å². The summed E-state index contributed by atoms with van der Waals surface area (Å²) in [5.74, 6) is 0.0875.